The van der Waals surface area contributed by atoms with Gasteiger partial charge in [0.2, 0.25) is 5.91 Å². The molecule has 2 aliphatic heterocycles. The summed E-state index contributed by atoms with van der Waals surface area (Å²) in [7, 11) is 0. The number of nitriles is 1. The molecule has 110 valence electrons. The summed E-state index contributed by atoms with van der Waals surface area (Å²) in [6.07, 6.45) is 2.27. The number of fused-ring (bicyclic) bond motifs is 1. The van der Waals surface area contributed by atoms with Gasteiger partial charge in [0, 0.05) is 18.7 Å². The molecule has 0 aromatic heterocycles. The highest BCUT2D eigenvalue weighted by Crippen LogP contribution is 2.36. The molecule has 0 spiro atoms. The van der Waals surface area contributed by atoms with E-state index < -0.39 is 0 Å². The van der Waals surface area contributed by atoms with Crippen LogP contribution in [-0.2, 0) is 4.79 Å². The molecule has 21 heavy (non-hydrogen) atoms. The van der Waals surface area contributed by atoms with Gasteiger partial charge in [0.25, 0.3) is 0 Å². The molecule has 1 fully saturated rings. The number of nitrogens with zero attached hydrogens (tertiary/aromatic N) is 2. The molecule has 1 atom stereocenters. The van der Waals surface area contributed by atoms with Crippen molar-refractivity contribution in [2.45, 2.75) is 32.1 Å². The molecule has 0 saturated carbocycles. The standard InChI is InChI=1S/C17H20N2O2/c1-17(12-18)7-9-19(10-8-17)16(20)14-6-11-21-15-5-3-2-4-13(14)15/h2-5,14H,6-11H2,1H3. The maximum Gasteiger partial charge on any atom is 0.230 e. The number of para-hydroxylation sites is 1. The van der Waals surface area contributed by atoms with E-state index in [9.17, 15) is 10.1 Å². The van der Waals surface area contributed by atoms with E-state index in [1.54, 1.807) is 0 Å². The second kappa shape index (κ2) is 5.40. The summed E-state index contributed by atoms with van der Waals surface area (Å²) in [5.41, 5.74) is 0.729. The summed E-state index contributed by atoms with van der Waals surface area (Å²) in [6.45, 7) is 3.95. The molecule has 2 heterocycles. The lowest BCUT2D eigenvalue weighted by atomic mass is 9.81. The fourth-order valence-electron chi connectivity index (χ4n) is 3.15. The summed E-state index contributed by atoms with van der Waals surface area (Å²) < 4.78 is 5.63. The highest BCUT2D eigenvalue weighted by molar-refractivity contribution is 5.85. The quantitative estimate of drug-likeness (QED) is 0.796. The van der Waals surface area contributed by atoms with Gasteiger partial charge < -0.3 is 9.64 Å². The summed E-state index contributed by atoms with van der Waals surface area (Å²) in [6, 6.07) is 10.2. The Bertz CT molecular complexity index is 583. The highest BCUT2D eigenvalue weighted by atomic mass is 16.5. The van der Waals surface area contributed by atoms with Gasteiger partial charge in [-0.15, -0.1) is 0 Å². The molecule has 0 bridgehead atoms. The fraction of sp³-hybridized carbons (Fsp3) is 0.529. The van der Waals surface area contributed by atoms with Crippen molar-refractivity contribution >= 4 is 5.91 Å². The van der Waals surface area contributed by atoms with E-state index in [0.717, 1.165) is 30.6 Å². The average Bonchev–Trinajstić information content (AvgIpc) is 2.54. The van der Waals surface area contributed by atoms with Gasteiger partial charge >= 0.3 is 0 Å². The Balaban J connectivity index is 1.74. The second-order valence-corrected chi connectivity index (χ2v) is 6.23. The van der Waals surface area contributed by atoms with Crippen LogP contribution < -0.4 is 4.74 Å². The van der Waals surface area contributed by atoms with Gasteiger partial charge in [-0.3, -0.25) is 4.79 Å². The third-order valence-electron chi connectivity index (χ3n) is 4.71. The van der Waals surface area contributed by atoms with Crippen LogP contribution in [0.4, 0.5) is 0 Å². The van der Waals surface area contributed by atoms with Crippen molar-refractivity contribution in [2.24, 2.45) is 5.41 Å². The Morgan fingerprint density at radius 3 is 2.81 bits per heavy atom. The van der Waals surface area contributed by atoms with Crippen molar-refractivity contribution in [3.63, 3.8) is 0 Å². The molecule has 4 heteroatoms. The fourth-order valence-corrected chi connectivity index (χ4v) is 3.15. The number of rotatable bonds is 1. The molecule has 1 aromatic rings. The average molecular weight is 284 g/mol. The van der Waals surface area contributed by atoms with Gasteiger partial charge in [0.15, 0.2) is 0 Å². The van der Waals surface area contributed by atoms with E-state index in [1.165, 1.54) is 0 Å². The number of hydrogen-bond acceptors (Lipinski definition) is 3. The van der Waals surface area contributed by atoms with Gasteiger partial charge in [0.1, 0.15) is 5.75 Å². The van der Waals surface area contributed by atoms with Crippen LogP contribution in [0.2, 0.25) is 0 Å². The van der Waals surface area contributed by atoms with Crippen molar-refractivity contribution in [2.75, 3.05) is 19.7 Å². The number of hydrogen-bond donors (Lipinski definition) is 0. The number of benzene rings is 1. The molecule has 0 radical (unpaired) electrons. The topological polar surface area (TPSA) is 53.3 Å². The van der Waals surface area contributed by atoms with Crippen molar-refractivity contribution in [1.82, 2.24) is 4.90 Å². The maximum atomic E-state index is 12.8. The Hall–Kier alpha value is -2.02. The van der Waals surface area contributed by atoms with Gasteiger partial charge in [-0.1, -0.05) is 18.2 Å². The minimum atomic E-state index is -0.273. The first kappa shape index (κ1) is 13.9. The van der Waals surface area contributed by atoms with Crippen LogP contribution in [0.5, 0.6) is 5.75 Å². The minimum absolute atomic E-state index is 0.0959. The zero-order chi connectivity index (χ0) is 14.9. The lowest BCUT2D eigenvalue weighted by Crippen LogP contribution is -2.44. The third kappa shape index (κ3) is 2.61. The Morgan fingerprint density at radius 1 is 1.38 bits per heavy atom. The number of amides is 1. The Morgan fingerprint density at radius 2 is 2.10 bits per heavy atom. The predicted octanol–water partition coefficient (Wildman–Crippen LogP) is 2.70. The Kier molecular flexibility index (Phi) is 3.59. The van der Waals surface area contributed by atoms with Crippen LogP contribution in [0, 0.1) is 16.7 Å². The molecule has 3 rings (SSSR count). The van der Waals surface area contributed by atoms with E-state index in [2.05, 4.69) is 6.07 Å². The van der Waals surface area contributed by atoms with Gasteiger partial charge in [-0.25, -0.2) is 0 Å². The summed E-state index contributed by atoms with van der Waals surface area (Å²) in [5, 5.41) is 9.18. The predicted molar refractivity (Wildman–Crippen MR) is 78.8 cm³/mol. The summed E-state index contributed by atoms with van der Waals surface area (Å²) in [4.78, 5) is 14.7. The second-order valence-electron chi connectivity index (χ2n) is 6.23. The van der Waals surface area contributed by atoms with Gasteiger partial charge in [0.05, 0.1) is 24.0 Å². The summed E-state index contributed by atoms with van der Waals surface area (Å²) in [5.74, 6) is 0.924. The molecule has 1 aromatic carbocycles. The molecular weight excluding hydrogens is 264 g/mol. The minimum Gasteiger partial charge on any atom is -0.493 e. The molecule has 1 saturated heterocycles. The molecule has 1 amide bonds. The normalized spacial score (nSPS) is 23.6. The molecule has 0 aliphatic carbocycles. The molecule has 0 N–H and O–H groups in total. The number of carbonyl (C=O) groups excluding carboxylic acids is 1. The smallest absolute Gasteiger partial charge is 0.230 e. The molecule has 1 unspecified atom stereocenters. The zero-order valence-electron chi connectivity index (χ0n) is 12.3. The zero-order valence-corrected chi connectivity index (χ0v) is 12.3. The van der Waals surface area contributed by atoms with Crippen molar-refractivity contribution in [1.29, 1.82) is 5.26 Å². The van der Waals surface area contributed by atoms with Crippen LogP contribution >= 0.6 is 0 Å². The van der Waals surface area contributed by atoms with Crippen LogP contribution in [0.3, 0.4) is 0 Å². The van der Waals surface area contributed by atoms with Crippen LogP contribution in [-0.4, -0.2) is 30.5 Å². The monoisotopic (exact) mass is 284 g/mol. The number of likely N-dealkylation sites (tertiary alicyclic amines) is 1. The van der Waals surface area contributed by atoms with E-state index >= 15 is 0 Å². The number of carbonyl (C=O) groups is 1. The van der Waals surface area contributed by atoms with E-state index in [1.807, 2.05) is 36.1 Å². The van der Waals surface area contributed by atoms with Crippen LogP contribution in [0.15, 0.2) is 24.3 Å². The summed E-state index contributed by atoms with van der Waals surface area (Å²) >= 11 is 0. The van der Waals surface area contributed by atoms with Crippen LogP contribution in [0.1, 0.15) is 37.7 Å². The maximum absolute atomic E-state index is 12.8. The highest BCUT2D eigenvalue weighted by Gasteiger charge is 2.36. The van der Waals surface area contributed by atoms with Gasteiger partial charge in [-0.05, 0) is 32.3 Å². The first-order chi connectivity index (χ1) is 10.1. The third-order valence-corrected chi connectivity index (χ3v) is 4.71. The SMILES string of the molecule is CC1(C#N)CCN(C(=O)C2CCOc3ccccc32)CC1. The van der Waals surface area contributed by atoms with Crippen molar-refractivity contribution in [3.05, 3.63) is 29.8 Å². The molecule has 4 nitrogen and oxygen atoms in total. The number of piperidine rings is 1. The van der Waals surface area contributed by atoms with Crippen molar-refractivity contribution < 1.29 is 9.53 Å². The van der Waals surface area contributed by atoms with Gasteiger partial charge in [-0.2, -0.15) is 5.26 Å². The first-order valence-corrected chi connectivity index (χ1v) is 7.55. The Labute approximate surface area is 125 Å². The van der Waals surface area contributed by atoms with E-state index in [4.69, 9.17) is 4.74 Å². The lowest BCUT2D eigenvalue weighted by molar-refractivity contribution is -0.135. The molecule has 2 aliphatic rings. The first-order valence-electron chi connectivity index (χ1n) is 7.55. The largest absolute Gasteiger partial charge is 0.493 e. The lowest BCUT2D eigenvalue weighted by Gasteiger charge is -2.37. The van der Waals surface area contributed by atoms with Crippen LogP contribution in [0.25, 0.3) is 0 Å². The van der Waals surface area contributed by atoms with Crippen molar-refractivity contribution in [3.8, 4) is 11.8 Å². The van der Waals surface area contributed by atoms with E-state index in [0.29, 0.717) is 19.7 Å². The molecular formula is C17H20N2O2. The number of ether oxygens (including phenoxy) is 1. The van der Waals surface area contributed by atoms with E-state index in [-0.39, 0.29) is 17.2 Å².